The van der Waals surface area contributed by atoms with Crippen LogP contribution in [0, 0.1) is 0 Å². The number of nitrogens with one attached hydrogen (secondary N) is 1. The van der Waals surface area contributed by atoms with E-state index >= 15 is 0 Å². The first-order chi connectivity index (χ1) is 12.7. The van der Waals surface area contributed by atoms with E-state index < -0.39 is 5.41 Å². The maximum Gasteiger partial charge on any atom is 0.238 e. The number of carbonyl (C=O) groups is 2. The van der Waals surface area contributed by atoms with Crippen LogP contribution in [0.15, 0.2) is 54.6 Å². The molecular formula is C22H24N2O2. The van der Waals surface area contributed by atoms with Crippen molar-refractivity contribution in [2.75, 3.05) is 11.4 Å². The molecule has 4 rings (SSSR count). The van der Waals surface area contributed by atoms with Gasteiger partial charge in [0.15, 0.2) is 0 Å². The van der Waals surface area contributed by atoms with Gasteiger partial charge in [-0.1, -0.05) is 55.0 Å². The lowest BCUT2D eigenvalue weighted by atomic mass is 9.68. The number of aldehydes is 1. The Hall–Kier alpha value is -2.46. The van der Waals surface area contributed by atoms with Crippen molar-refractivity contribution in [3.05, 3.63) is 65.7 Å². The molecule has 0 saturated heterocycles. The fraction of sp³-hybridized carbons (Fsp3) is 0.364. The predicted molar refractivity (Wildman–Crippen MR) is 102 cm³/mol. The molecule has 0 bridgehead atoms. The minimum atomic E-state index is -0.480. The van der Waals surface area contributed by atoms with Crippen LogP contribution in [0.25, 0.3) is 0 Å². The molecule has 1 spiro atoms. The molecule has 26 heavy (non-hydrogen) atoms. The van der Waals surface area contributed by atoms with E-state index in [0.29, 0.717) is 6.04 Å². The minimum absolute atomic E-state index is 0.0945. The third-order valence-corrected chi connectivity index (χ3v) is 5.81. The van der Waals surface area contributed by atoms with Gasteiger partial charge in [-0.3, -0.25) is 4.79 Å². The highest BCUT2D eigenvalue weighted by Crippen LogP contribution is 2.49. The molecule has 4 nitrogen and oxygen atoms in total. The standard InChI is InChI=1S/C22H24N2O2/c25-14-13-24-20-11-5-4-10-19(20)22(21(24)26)12-6-9-18(15-22)23-16-17-7-2-1-3-8-17/h1-5,7-8,10-11,14,18,23H,6,9,12-13,15-16H2. The second kappa shape index (κ2) is 7.04. The third kappa shape index (κ3) is 2.84. The predicted octanol–water partition coefficient (Wildman–Crippen LogP) is 3.20. The quantitative estimate of drug-likeness (QED) is 0.844. The second-order valence-corrected chi connectivity index (χ2v) is 7.34. The van der Waals surface area contributed by atoms with Crippen molar-refractivity contribution < 1.29 is 9.59 Å². The van der Waals surface area contributed by atoms with Gasteiger partial charge in [0.25, 0.3) is 0 Å². The zero-order valence-corrected chi connectivity index (χ0v) is 14.9. The smallest absolute Gasteiger partial charge is 0.238 e. The molecule has 1 fully saturated rings. The highest BCUT2D eigenvalue weighted by Gasteiger charge is 2.52. The SMILES string of the molecule is O=CCN1C(=O)C2(CCCC(NCc3ccccc3)C2)c2ccccc21. The molecule has 1 heterocycles. The average Bonchev–Trinajstić information content (AvgIpc) is 2.91. The van der Waals surface area contributed by atoms with E-state index in [2.05, 4.69) is 23.5 Å². The average molecular weight is 348 g/mol. The van der Waals surface area contributed by atoms with Gasteiger partial charge in [-0.2, -0.15) is 0 Å². The van der Waals surface area contributed by atoms with Crippen molar-refractivity contribution in [2.45, 2.75) is 43.7 Å². The lowest BCUT2D eigenvalue weighted by Gasteiger charge is -2.37. The summed E-state index contributed by atoms with van der Waals surface area (Å²) in [5, 5.41) is 3.65. The topological polar surface area (TPSA) is 49.4 Å². The fourth-order valence-electron chi connectivity index (χ4n) is 4.60. The van der Waals surface area contributed by atoms with Crippen LogP contribution < -0.4 is 10.2 Å². The first kappa shape index (κ1) is 17.0. The lowest BCUT2D eigenvalue weighted by Crippen LogP contribution is -2.48. The van der Waals surface area contributed by atoms with Gasteiger partial charge in [0.05, 0.1) is 12.0 Å². The third-order valence-electron chi connectivity index (χ3n) is 5.81. The van der Waals surface area contributed by atoms with Crippen molar-refractivity contribution in [1.29, 1.82) is 0 Å². The molecule has 1 N–H and O–H groups in total. The molecule has 2 aromatic carbocycles. The molecule has 1 aliphatic heterocycles. The van der Waals surface area contributed by atoms with Crippen LogP contribution in [0.4, 0.5) is 5.69 Å². The monoisotopic (exact) mass is 348 g/mol. The second-order valence-electron chi connectivity index (χ2n) is 7.34. The number of anilines is 1. The van der Waals surface area contributed by atoms with Crippen LogP contribution in [-0.2, 0) is 21.5 Å². The van der Waals surface area contributed by atoms with E-state index in [1.165, 1.54) is 5.56 Å². The van der Waals surface area contributed by atoms with Gasteiger partial charge < -0.3 is 15.0 Å². The van der Waals surface area contributed by atoms with Crippen molar-refractivity contribution >= 4 is 17.9 Å². The highest BCUT2D eigenvalue weighted by molar-refractivity contribution is 6.09. The van der Waals surface area contributed by atoms with Gasteiger partial charge in [-0.05, 0) is 36.5 Å². The van der Waals surface area contributed by atoms with Gasteiger partial charge in [0.1, 0.15) is 6.29 Å². The number of hydrogen-bond donors (Lipinski definition) is 1. The number of benzene rings is 2. The zero-order chi connectivity index (χ0) is 18.0. The van der Waals surface area contributed by atoms with Gasteiger partial charge in [0.2, 0.25) is 5.91 Å². The molecule has 134 valence electrons. The summed E-state index contributed by atoms with van der Waals surface area (Å²) in [6.07, 6.45) is 4.58. The Bertz CT molecular complexity index is 805. The molecule has 1 saturated carbocycles. The number of amides is 1. The van der Waals surface area contributed by atoms with Crippen LogP contribution in [0.2, 0.25) is 0 Å². The number of fused-ring (bicyclic) bond motifs is 2. The number of hydrogen-bond acceptors (Lipinski definition) is 3. The normalized spacial score (nSPS) is 24.7. The van der Waals surface area contributed by atoms with Crippen LogP contribution in [0.5, 0.6) is 0 Å². The summed E-state index contributed by atoms with van der Waals surface area (Å²) in [6.45, 7) is 0.954. The van der Waals surface area contributed by atoms with E-state index in [-0.39, 0.29) is 12.5 Å². The Morgan fingerprint density at radius 3 is 2.69 bits per heavy atom. The number of nitrogens with zero attached hydrogens (tertiary/aromatic N) is 1. The maximum atomic E-state index is 13.3. The summed E-state index contributed by atoms with van der Waals surface area (Å²) in [6, 6.07) is 18.6. The van der Waals surface area contributed by atoms with Crippen molar-refractivity contribution in [3.8, 4) is 0 Å². The molecule has 0 radical (unpaired) electrons. The molecule has 0 aromatic heterocycles. The van der Waals surface area contributed by atoms with E-state index in [9.17, 15) is 9.59 Å². The fourth-order valence-corrected chi connectivity index (χ4v) is 4.60. The van der Waals surface area contributed by atoms with Gasteiger partial charge in [-0.25, -0.2) is 0 Å². The minimum Gasteiger partial charge on any atom is -0.310 e. The summed E-state index contributed by atoms with van der Waals surface area (Å²) < 4.78 is 0. The summed E-state index contributed by atoms with van der Waals surface area (Å²) in [4.78, 5) is 26.1. The molecule has 1 aliphatic carbocycles. The Labute approximate surface area is 154 Å². The van der Waals surface area contributed by atoms with Gasteiger partial charge in [0, 0.05) is 18.3 Å². The van der Waals surface area contributed by atoms with Crippen molar-refractivity contribution in [3.63, 3.8) is 0 Å². The lowest BCUT2D eigenvalue weighted by molar-refractivity contribution is -0.125. The Morgan fingerprint density at radius 2 is 1.88 bits per heavy atom. The van der Waals surface area contributed by atoms with Crippen molar-refractivity contribution in [2.24, 2.45) is 0 Å². The molecule has 2 atom stereocenters. The zero-order valence-electron chi connectivity index (χ0n) is 14.9. The Kier molecular flexibility index (Phi) is 4.60. The number of rotatable bonds is 5. The van der Waals surface area contributed by atoms with Crippen LogP contribution >= 0.6 is 0 Å². The van der Waals surface area contributed by atoms with Crippen LogP contribution in [-0.4, -0.2) is 24.8 Å². The van der Waals surface area contributed by atoms with Gasteiger partial charge >= 0.3 is 0 Å². The Morgan fingerprint density at radius 1 is 1.12 bits per heavy atom. The van der Waals surface area contributed by atoms with Crippen LogP contribution in [0.3, 0.4) is 0 Å². The summed E-state index contributed by atoms with van der Waals surface area (Å²) >= 11 is 0. The summed E-state index contributed by atoms with van der Waals surface area (Å²) in [7, 11) is 0. The highest BCUT2D eigenvalue weighted by atomic mass is 16.2. The first-order valence-corrected chi connectivity index (χ1v) is 9.37. The largest absolute Gasteiger partial charge is 0.310 e. The molecule has 4 heteroatoms. The number of carbonyl (C=O) groups excluding carboxylic acids is 2. The van der Waals surface area contributed by atoms with E-state index in [0.717, 1.165) is 49.8 Å². The van der Waals surface area contributed by atoms with E-state index in [1.54, 1.807) is 4.90 Å². The van der Waals surface area contributed by atoms with Crippen molar-refractivity contribution in [1.82, 2.24) is 5.32 Å². The van der Waals surface area contributed by atoms with E-state index in [1.807, 2.05) is 36.4 Å². The molecule has 1 amide bonds. The maximum absolute atomic E-state index is 13.3. The number of para-hydroxylation sites is 1. The summed E-state index contributed by atoms with van der Waals surface area (Å²) in [5.41, 5.74) is 2.78. The molecular weight excluding hydrogens is 324 g/mol. The molecule has 2 aliphatic rings. The van der Waals surface area contributed by atoms with Gasteiger partial charge in [-0.15, -0.1) is 0 Å². The summed E-state index contributed by atoms with van der Waals surface area (Å²) in [5.74, 6) is 0.0945. The molecule has 2 unspecified atom stereocenters. The molecule has 2 aromatic rings. The Balaban J connectivity index is 1.57. The first-order valence-electron chi connectivity index (χ1n) is 9.37. The van der Waals surface area contributed by atoms with E-state index in [4.69, 9.17) is 0 Å². The van der Waals surface area contributed by atoms with Crippen LogP contribution in [0.1, 0.15) is 36.8 Å².